The summed E-state index contributed by atoms with van der Waals surface area (Å²) >= 11 is 6.12. The predicted octanol–water partition coefficient (Wildman–Crippen LogP) is 5.09. The summed E-state index contributed by atoms with van der Waals surface area (Å²) in [6, 6.07) is 17.5. The van der Waals surface area contributed by atoms with Gasteiger partial charge in [0.25, 0.3) is 0 Å². The fourth-order valence-electron chi connectivity index (χ4n) is 3.48. The molecule has 0 saturated carbocycles. The molecule has 0 saturated heterocycles. The number of fused-ring (bicyclic) bond motifs is 1. The van der Waals surface area contributed by atoms with E-state index in [9.17, 15) is 4.79 Å². The normalized spacial score (nSPS) is 16.2. The van der Waals surface area contributed by atoms with Gasteiger partial charge in [-0.3, -0.25) is 4.79 Å². The number of carbonyl (C=O) groups is 1. The molecular weight excluding hydrogens is 346 g/mol. The molecule has 1 aliphatic carbocycles. The van der Waals surface area contributed by atoms with Crippen LogP contribution in [0.25, 0.3) is 0 Å². The number of aryl methyl sites for hydroxylation is 1. The lowest BCUT2D eigenvalue weighted by Gasteiger charge is -2.24. The first kappa shape index (κ1) is 16.7. The Hall–Kier alpha value is -2.72. The zero-order valence-corrected chi connectivity index (χ0v) is 15.1. The maximum atomic E-state index is 12.7. The van der Waals surface area contributed by atoms with Crippen molar-refractivity contribution in [2.24, 2.45) is 0 Å². The van der Waals surface area contributed by atoms with Crippen LogP contribution < -0.4 is 5.32 Å². The number of ketones is 1. The topological polar surface area (TPSA) is 54.9 Å². The summed E-state index contributed by atoms with van der Waals surface area (Å²) in [6.07, 6.45) is 1.16. The van der Waals surface area contributed by atoms with E-state index in [0.29, 0.717) is 29.4 Å². The van der Waals surface area contributed by atoms with Crippen molar-refractivity contribution in [2.45, 2.75) is 25.7 Å². The molecule has 1 heterocycles. The highest BCUT2D eigenvalue weighted by Gasteiger charge is 2.30. The van der Waals surface area contributed by atoms with Crippen molar-refractivity contribution in [3.8, 4) is 0 Å². The highest BCUT2D eigenvalue weighted by Crippen LogP contribution is 2.34. The number of halogens is 1. The van der Waals surface area contributed by atoms with Gasteiger partial charge in [0.1, 0.15) is 0 Å². The summed E-state index contributed by atoms with van der Waals surface area (Å²) in [5.74, 6) is 0.708. The smallest absolute Gasteiger partial charge is 0.227 e. The Morgan fingerprint density at radius 2 is 1.85 bits per heavy atom. The average Bonchev–Trinajstić information content (AvgIpc) is 2.62. The molecule has 0 radical (unpaired) electrons. The zero-order chi connectivity index (χ0) is 18.1. The minimum absolute atomic E-state index is 0.0903. The lowest BCUT2D eigenvalue weighted by Crippen LogP contribution is -2.22. The van der Waals surface area contributed by atoms with Crippen molar-refractivity contribution in [3.05, 3.63) is 82.1 Å². The van der Waals surface area contributed by atoms with Gasteiger partial charge < -0.3 is 5.32 Å². The van der Waals surface area contributed by atoms with E-state index in [1.807, 2.05) is 61.5 Å². The molecule has 3 aromatic rings. The molecule has 4 nitrogen and oxygen atoms in total. The van der Waals surface area contributed by atoms with E-state index >= 15 is 0 Å². The standard InChI is InChI=1S/C21H18ClN3O/c1-13-20-18(25-21(23-13)24-17-8-3-2-4-9-17)11-15(12-19(20)26)14-6-5-7-16(22)10-14/h2-10,15H,11-12H2,1H3,(H,23,24,25)/t15-/m0/s1. The third-order valence-electron chi connectivity index (χ3n) is 4.67. The van der Waals surface area contributed by atoms with Crippen molar-refractivity contribution in [1.29, 1.82) is 0 Å². The number of aromatic nitrogens is 2. The van der Waals surface area contributed by atoms with Crippen LogP contribution in [0.5, 0.6) is 0 Å². The molecule has 0 amide bonds. The quantitative estimate of drug-likeness (QED) is 0.703. The van der Waals surface area contributed by atoms with Gasteiger partial charge in [0.15, 0.2) is 5.78 Å². The number of benzene rings is 2. The van der Waals surface area contributed by atoms with E-state index in [2.05, 4.69) is 15.3 Å². The Labute approximate surface area is 157 Å². The number of Topliss-reactive ketones (excluding diaryl/α,β-unsaturated/α-hetero) is 1. The first-order valence-electron chi connectivity index (χ1n) is 8.58. The first-order chi connectivity index (χ1) is 12.6. The lowest BCUT2D eigenvalue weighted by atomic mass is 9.81. The molecule has 0 aliphatic heterocycles. The van der Waals surface area contributed by atoms with Crippen LogP contribution in [-0.2, 0) is 6.42 Å². The number of hydrogen-bond acceptors (Lipinski definition) is 4. The van der Waals surface area contributed by atoms with Crippen LogP contribution in [-0.4, -0.2) is 15.8 Å². The van der Waals surface area contributed by atoms with Gasteiger partial charge in [0, 0.05) is 17.1 Å². The second-order valence-electron chi connectivity index (χ2n) is 6.53. The molecule has 4 rings (SSSR count). The molecule has 1 aromatic heterocycles. The van der Waals surface area contributed by atoms with E-state index in [1.165, 1.54) is 0 Å². The molecule has 0 bridgehead atoms. The number of nitrogens with zero attached hydrogens (tertiary/aromatic N) is 2. The second-order valence-corrected chi connectivity index (χ2v) is 6.97. The SMILES string of the molecule is Cc1nc(Nc2ccccc2)nc2c1C(=O)C[C@@H](c1cccc(Cl)c1)C2. The molecule has 130 valence electrons. The van der Waals surface area contributed by atoms with Gasteiger partial charge in [0.05, 0.1) is 17.0 Å². The van der Waals surface area contributed by atoms with Crippen LogP contribution in [0.1, 0.15) is 39.6 Å². The summed E-state index contributed by atoms with van der Waals surface area (Å²) < 4.78 is 0. The number of anilines is 2. The van der Waals surface area contributed by atoms with Crippen LogP contribution >= 0.6 is 11.6 Å². The van der Waals surface area contributed by atoms with Gasteiger partial charge in [-0.05, 0) is 49.1 Å². The molecular formula is C21H18ClN3O. The van der Waals surface area contributed by atoms with Gasteiger partial charge in [-0.1, -0.05) is 41.9 Å². The van der Waals surface area contributed by atoms with Crippen LogP contribution in [0.3, 0.4) is 0 Å². The van der Waals surface area contributed by atoms with Gasteiger partial charge in [0.2, 0.25) is 5.95 Å². The molecule has 5 heteroatoms. The average molecular weight is 364 g/mol. The van der Waals surface area contributed by atoms with E-state index in [1.54, 1.807) is 0 Å². The van der Waals surface area contributed by atoms with Crippen molar-refractivity contribution in [1.82, 2.24) is 9.97 Å². The van der Waals surface area contributed by atoms with Crippen LogP contribution in [0.4, 0.5) is 11.6 Å². The van der Waals surface area contributed by atoms with Gasteiger partial charge in [-0.15, -0.1) is 0 Å². The van der Waals surface area contributed by atoms with Crippen molar-refractivity contribution >= 4 is 29.0 Å². The predicted molar refractivity (Wildman–Crippen MR) is 103 cm³/mol. The summed E-state index contributed by atoms with van der Waals surface area (Å²) in [6.45, 7) is 1.87. The van der Waals surface area contributed by atoms with Crippen molar-refractivity contribution in [3.63, 3.8) is 0 Å². The lowest BCUT2D eigenvalue weighted by molar-refractivity contribution is 0.0962. The number of carbonyl (C=O) groups excluding carboxylic acids is 1. The van der Waals surface area contributed by atoms with E-state index in [4.69, 9.17) is 11.6 Å². The fraction of sp³-hybridized carbons (Fsp3) is 0.190. The first-order valence-corrected chi connectivity index (χ1v) is 8.96. The van der Waals surface area contributed by atoms with Crippen LogP contribution in [0.2, 0.25) is 5.02 Å². The molecule has 1 N–H and O–H groups in total. The largest absolute Gasteiger partial charge is 0.324 e. The monoisotopic (exact) mass is 363 g/mol. The second kappa shape index (κ2) is 6.89. The molecule has 1 atom stereocenters. The molecule has 0 fully saturated rings. The number of rotatable bonds is 3. The van der Waals surface area contributed by atoms with Crippen LogP contribution in [0, 0.1) is 6.92 Å². The Morgan fingerprint density at radius 3 is 2.62 bits per heavy atom. The van der Waals surface area contributed by atoms with E-state index in [-0.39, 0.29) is 11.7 Å². The summed E-state index contributed by atoms with van der Waals surface area (Å²) in [4.78, 5) is 21.8. The molecule has 0 unspecified atom stereocenters. The molecule has 2 aromatic carbocycles. The highest BCUT2D eigenvalue weighted by molar-refractivity contribution is 6.30. The zero-order valence-electron chi connectivity index (χ0n) is 14.4. The summed E-state index contributed by atoms with van der Waals surface area (Å²) in [5.41, 5.74) is 4.19. The van der Waals surface area contributed by atoms with Gasteiger partial charge in [-0.2, -0.15) is 0 Å². The fourth-order valence-corrected chi connectivity index (χ4v) is 3.68. The number of hydrogen-bond donors (Lipinski definition) is 1. The molecule has 26 heavy (non-hydrogen) atoms. The summed E-state index contributed by atoms with van der Waals surface area (Å²) in [5, 5.41) is 3.90. The van der Waals surface area contributed by atoms with Gasteiger partial charge >= 0.3 is 0 Å². The molecule has 1 aliphatic rings. The Kier molecular flexibility index (Phi) is 4.43. The van der Waals surface area contributed by atoms with Crippen LogP contribution in [0.15, 0.2) is 54.6 Å². The third-order valence-corrected chi connectivity index (χ3v) is 4.90. The molecule has 0 spiro atoms. The Balaban J connectivity index is 1.68. The maximum Gasteiger partial charge on any atom is 0.227 e. The number of para-hydroxylation sites is 1. The highest BCUT2D eigenvalue weighted by atomic mass is 35.5. The minimum Gasteiger partial charge on any atom is -0.324 e. The minimum atomic E-state index is 0.0903. The van der Waals surface area contributed by atoms with Crippen molar-refractivity contribution < 1.29 is 4.79 Å². The third kappa shape index (κ3) is 3.33. The Morgan fingerprint density at radius 1 is 1.04 bits per heavy atom. The number of nitrogens with one attached hydrogen (secondary N) is 1. The van der Waals surface area contributed by atoms with E-state index in [0.717, 1.165) is 22.6 Å². The Bertz CT molecular complexity index is 972. The maximum absolute atomic E-state index is 12.7. The van der Waals surface area contributed by atoms with Crippen molar-refractivity contribution in [2.75, 3.05) is 5.32 Å². The van der Waals surface area contributed by atoms with E-state index < -0.39 is 0 Å². The van der Waals surface area contributed by atoms with Gasteiger partial charge in [-0.25, -0.2) is 9.97 Å². The summed E-state index contributed by atoms with van der Waals surface area (Å²) in [7, 11) is 0.